The fourth-order valence-electron chi connectivity index (χ4n) is 3.16. The summed E-state index contributed by atoms with van der Waals surface area (Å²) in [5, 5.41) is 2.65. The molecule has 27 heavy (non-hydrogen) atoms. The molecule has 142 valence electrons. The van der Waals surface area contributed by atoms with Gasteiger partial charge in [0.05, 0.1) is 5.56 Å². The molecule has 7 heteroatoms. The van der Waals surface area contributed by atoms with Gasteiger partial charge in [-0.1, -0.05) is 24.3 Å². The van der Waals surface area contributed by atoms with Crippen LogP contribution in [0, 0.1) is 0 Å². The van der Waals surface area contributed by atoms with Crippen molar-refractivity contribution in [1.29, 1.82) is 0 Å². The number of hydrogen-bond donors (Lipinski definition) is 1. The van der Waals surface area contributed by atoms with Gasteiger partial charge in [0.2, 0.25) is 5.91 Å². The average molecular weight is 376 g/mol. The zero-order valence-electron chi connectivity index (χ0n) is 14.6. The highest BCUT2D eigenvalue weighted by Gasteiger charge is 2.32. The first kappa shape index (κ1) is 18.9. The van der Waals surface area contributed by atoms with Gasteiger partial charge in [0, 0.05) is 30.8 Å². The highest BCUT2D eigenvalue weighted by atomic mass is 19.4. The number of halogens is 3. The molecule has 1 aliphatic rings. The minimum absolute atomic E-state index is 0.0244. The Bertz CT molecular complexity index is 849. The minimum atomic E-state index is -4.42. The molecule has 3 rings (SSSR count). The lowest BCUT2D eigenvalue weighted by Crippen LogP contribution is -2.27. The normalized spacial score (nSPS) is 14.5. The van der Waals surface area contributed by atoms with E-state index in [-0.39, 0.29) is 30.3 Å². The molecule has 2 amide bonds. The summed E-state index contributed by atoms with van der Waals surface area (Å²) >= 11 is 0. The van der Waals surface area contributed by atoms with E-state index in [0.717, 1.165) is 12.5 Å². The Morgan fingerprint density at radius 2 is 1.89 bits per heavy atom. The Morgan fingerprint density at radius 3 is 2.59 bits per heavy atom. The zero-order chi connectivity index (χ0) is 19.4. The molecule has 0 aliphatic carbocycles. The molecule has 1 aliphatic heterocycles. The molecule has 0 atom stereocenters. The fraction of sp³-hybridized carbons (Fsp3) is 0.300. The molecule has 2 aromatic rings. The molecule has 1 N–H and O–H groups in total. The lowest BCUT2D eigenvalue weighted by molar-refractivity contribution is -0.138. The number of benzene rings is 2. The van der Waals surface area contributed by atoms with Crippen LogP contribution in [-0.2, 0) is 17.4 Å². The molecule has 0 bridgehead atoms. The van der Waals surface area contributed by atoms with Gasteiger partial charge in [0.15, 0.2) is 0 Å². The van der Waals surface area contributed by atoms with Crippen LogP contribution in [0.3, 0.4) is 0 Å². The van der Waals surface area contributed by atoms with Crippen molar-refractivity contribution in [2.75, 3.05) is 18.0 Å². The van der Waals surface area contributed by atoms with Gasteiger partial charge in [-0.05, 0) is 42.7 Å². The van der Waals surface area contributed by atoms with Crippen LogP contribution in [0.25, 0.3) is 0 Å². The maximum absolute atomic E-state index is 13.0. The maximum atomic E-state index is 13.0. The van der Waals surface area contributed by atoms with Crippen LogP contribution in [0.2, 0.25) is 0 Å². The first-order valence-corrected chi connectivity index (χ1v) is 8.70. The maximum Gasteiger partial charge on any atom is 0.416 e. The molecule has 0 radical (unpaired) electrons. The van der Waals surface area contributed by atoms with Crippen molar-refractivity contribution in [3.05, 3.63) is 65.2 Å². The van der Waals surface area contributed by atoms with E-state index in [9.17, 15) is 22.8 Å². The number of hydrogen-bond acceptors (Lipinski definition) is 2. The first-order valence-electron chi connectivity index (χ1n) is 8.70. The van der Waals surface area contributed by atoms with Gasteiger partial charge in [0.25, 0.3) is 5.91 Å². The molecular formula is C20H19F3N2O2. The number of nitrogens with one attached hydrogen (secondary N) is 1. The number of alkyl halides is 3. The van der Waals surface area contributed by atoms with Crippen molar-refractivity contribution in [3.63, 3.8) is 0 Å². The quantitative estimate of drug-likeness (QED) is 0.863. The third-order valence-corrected chi connectivity index (χ3v) is 4.50. The van der Waals surface area contributed by atoms with E-state index in [1.165, 1.54) is 12.1 Å². The number of carbonyl (C=O) groups excluding carboxylic acids is 2. The van der Waals surface area contributed by atoms with Crippen LogP contribution in [-0.4, -0.2) is 24.9 Å². The summed E-state index contributed by atoms with van der Waals surface area (Å²) in [6.45, 7) is 0.705. The number of nitrogens with zero attached hydrogens (tertiary/aromatic N) is 1. The molecule has 0 aromatic heterocycles. The van der Waals surface area contributed by atoms with Gasteiger partial charge < -0.3 is 10.2 Å². The molecule has 1 saturated heterocycles. The van der Waals surface area contributed by atoms with E-state index >= 15 is 0 Å². The van der Waals surface area contributed by atoms with Crippen LogP contribution < -0.4 is 10.2 Å². The SMILES string of the molecule is O=C(NCCc1ccccc1C(F)(F)F)c1cccc(N2CCCC2=O)c1. The molecule has 1 heterocycles. The van der Waals surface area contributed by atoms with E-state index < -0.39 is 11.7 Å². The van der Waals surface area contributed by atoms with E-state index in [2.05, 4.69) is 5.32 Å². The summed E-state index contributed by atoms with van der Waals surface area (Å²) in [6, 6.07) is 12.0. The topological polar surface area (TPSA) is 49.4 Å². The molecular weight excluding hydrogens is 357 g/mol. The third-order valence-electron chi connectivity index (χ3n) is 4.50. The summed E-state index contributed by atoms with van der Waals surface area (Å²) in [6.07, 6.45) is -3.06. The van der Waals surface area contributed by atoms with Crippen molar-refractivity contribution >= 4 is 17.5 Å². The third kappa shape index (κ3) is 4.48. The average Bonchev–Trinajstić information content (AvgIpc) is 3.07. The predicted molar refractivity (Wildman–Crippen MR) is 95.5 cm³/mol. The van der Waals surface area contributed by atoms with E-state index in [0.29, 0.717) is 24.2 Å². The highest BCUT2D eigenvalue weighted by Crippen LogP contribution is 2.31. The molecule has 4 nitrogen and oxygen atoms in total. The van der Waals surface area contributed by atoms with Crippen LogP contribution in [0.4, 0.5) is 18.9 Å². The van der Waals surface area contributed by atoms with E-state index in [4.69, 9.17) is 0 Å². The van der Waals surface area contributed by atoms with Gasteiger partial charge in [-0.2, -0.15) is 13.2 Å². The van der Waals surface area contributed by atoms with Crippen molar-refractivity contribution in [1.82, 2.24) is 5.32 Å². The number of rotatable bonds is 5. The van der Waals surface area contributed by atoms with Crippen molar-refractivity contribution in [2.45, 2.75) is 25.4 Å². The van der Waals surface area contributed by atoms with Crippen molar-refractivity contribution in [2.24, 2.45) is 0 Å². The molecule has 0 unspecified atom stereocenters. The number of amides is 2. The second kappa shape index (κ2) is 7.82. The van der Waals surface area contributed by atoms with Crippen LogP contribution in [0.15, 0.2) is 48.5 Å². The van der Waals surface area contributed by atoms with Gasteiger partial charge in [0.1, 0.15) is 0 Å². The summed E-state index contributed by atoms with van der Waals surface area (Å²) in [5.41, 5.74) is 0.486. The fourth-order valence-corrected chi connectivity index (χ4v) is 3.16. The van der Waals surface area contributed by atoms with Gasteiger partial charge >= 0.3 is 6.18 Å². The molecule has 2 aromatic carbocycles. The van der Waals surface area contributed by atoms with Crippen LogP contribution in [0.1, 0.15) is 34.3 Å². The van der Waals surface area contributed by atoms with Crippen molar-refractivity contribution in [3.8, 4) is 0 Å². The largest absolute Gasteiger partial charge is 0.416 e. The molecule has 0 spiro atoms. The monoisotopic (exact) mass is 376 g/mol. The minimum Gasteiger partial charge on any atom is -0.352 e. The summed E-state index contributed by atoms with van der Waals surface area (Å²) < 4.78 is 39.0. The van der Waals surface area contributed by atoms with Gasteiger partial charge in [-0.25, -0.2) is 0 Å². The highest BCUT2D eigenvalue weighted by molar-refractivity contribution is 5.99. The van der Waals surface area contributed by atoms with Crippen LogP contribution >= 0.6 is 0 Å². The second-order valence-electron chi connectivity index (χ2n) is 6.36. The van der Waals surface area contributed by atoms with E-state index in [1.807, 2.05) is 0 Å². The second-order valence-corrected chi connectivity index (χ2v) is 6.36. The zero-order valence-corrected chi connectivity index (χ0v) is 14.6. The Labute approximate surface area is 155 Å². The first-order chi connectivity index (χ1) is 12.9. The van der Waals surface area contributed by atoms with Gasteiger partial charge in [-0.3, -0.25) is 9.59 Å². The lowest BCUT2D eigenvalue weighted by atomic mass is 10.0. The Balaban J connectivity index is 1.63. The summed E-state index contributed by atoms with van der Waals surface area (Å²) in [7, 11) is 0. The standard InChI is InChI=1S/C20H19F3N2O2/c21-20(22,23)17-8-2-1-5-14(17)10-11-24-19(27)15-6-3-7-16(13-15)25-12-4-9-18(25)26/h1-3,5-8,13H,4,9-12H2,(H,24,27). The summed E-state index contributed by atoms with van der Waals surface area (Å²) in [5.74, 6) is -0.357. The van der Waals surface area contributed by atoms with Crippen LogP contribution in [0.5, 0.6) is 0 Å². The Morgan fingerprint density at radius 1 is 1.11 bits per heavy atom. The predicted octanol–water partition coefficient (Wildman–Crippen LogP) is 3.80. The summed E-state index contributed by atoms with van der Waals surface area (Å²) in [4.78, 5) is 25.8. The van der Waals surface area contributed by atoms with Crippen molar-refractivity contribution < 1.29 is 22.8 Å². The number of anilines is 1. The van der Waals surface area contributed by atoms with E-state index in [1.54, 1.807) is 35.2 Å². The Hall–Kier alpha value is -2.83. The smallest absolute Gasteiger partial charge is 0.352 e. The molecule has 1 fully saturated rings. The number of carbonyl (C=O) groups is 2. The van der Waals surface area contributed by atoms with Gasteiger partial charge in [-0.15, -0.1) is 0 Å². The Kier molecular flexibility index (Phi) is 5.48. The molecule has 0 saturated carbocycles. The lowest BCUT2D eigenvalue weighted by Gasteiger charge is -2.16.